The lowest BCUT2D eigenvalue weighted by Crippen LogP contribution is -2.46. The molecule has 88 valence electrons. The molecule has 0 heterocycles. The van der Waals surface area contributed by atoms with E-state index >= 15 is 0 Å². The minimum Gasteiger partial charge on any atom is -0.481 e. The molecule has 0 aliphatic heterocycles. The fourth-order valence-electron chi connectivity index (χ4n) is 0.762. The minimum atomic E-state index is -3.63. The van der Waals surface area contributed by atoms with Crippen molar-refractivity contribution < 1.29 is 34.8 Å². The Morgan fingerprint density at radius 1 is 1.40 bits per heavy atom. The highest BCUT2D eigenvalue weighted by Gasteiger charge is 2.31. The molecule has 0 aliphatic rings. The van der Waals surface area contributed by atoms with Gasteiger partial charge in [0, 0.05) is 6.67 Å². The first-order chi connectivity index (χ1) is 6.76. The summed E-state index contributed by atoms with van der Waals surface area (Å²) in [5.74, 6) is -2.67. The van der Waals surface area contributed by atoms with Crippen LogP contribution in [-0.4, -0.2) is 51.2 Å². The summed E-state index contributed by atoms with van der Waals surface area (Å²) in [6.45, 7) is -0.220. The zero-order chi connectivity index (χ0) is 12.1. The molecule has 0 saturated carbocycles. The zero-order valence-electron chi connectivity index (χ0n) is 7.58. The second kappa shape index (κ2) is 5.58. The van der Waals surface area contributed by atoms with Crippen LogP contribution in [-0.2, 0) is 14.3 Å². The fourth-order valence-corrected chi connectivity index (χ4v) is 0.762. The first kappa shape index (κ1) is 13.7. The standard InChI is InChI=1S/C6H12N2O7/c7-2-8-3(1-4(9)10)5(11)15-6(12,13)14/h3,8,12-14H,1-2,7H2,(H,9,10)/t3-/m0/s1. The summed E-state index contributed by atoms with van der Waals surface area (Å²) in [4.78, 5) is 21.3. The molecule has 0 amide bonds. The molecule has 0 aromatic heterocycles. The van der Waals surface area contributed by atoms with E-state index in [1.807, 2.05) is 0 Å². The summed E-state index contributed by atoms with van der Waals surface area (Å²) in [6, 6.07) is -1.38. The SMILES string of the molecule is NCN[C@@H](CC(=O)O)C(=O)OC(O)(O)O. The predicted octanol–water partition coefficient (Wildman–Crippen LogP) is -3.53. The second-order valence-electron chi connectivity index (χ2n) is 2.55. The molecule has 0 bridgehead atoms. The second-order valence-corrected chi connectivity index (χ2v) is 2.55. The van der Waals surface area contributed by atoms with Gasteiger partial charge in [-0.25, -0.2) is 0 Å². The average Bonchev–Trinajstić information content (AvgIpc) is 1.99. The first-order valence-corrected chi connectivity index (χ1v) is 3.81. The minimum absolute atomic E-state index is 0.220. The number of aliphatic carboxylic acids is 1. The van der Waals surface area contributed by atoms with Crippen molar-refractivity contribution in [2.24, 2.45) is 5.73 Å². The zero-order valence-corrected chi connectivity index (χ0v) is 7.58. The normalized spacial score (nSPS) is 13.3. The van der Waals surface area contributed by atoms with E-state index in [4.69, 9.17) is 26.2 Å². The summed E-state index contributed by atoms with van der Waals surface area (Å²) in [7, 11) is 0. The number of carbonyl (C=O) groups is 2. The van der Waals surface area contributed by atoms with E-state index in [0.29, 0.717) is 0 Å². The summed E-state index contributed by atoms with van der Waals surface area (Å²) in [5, 5.41) is 35.5. The van der Waals surface area contributed by atoms with Crippen LogP contribution in [0.4, 0.5) is 0 Å². The van der Waals surface area contributed by atoms with Crippen LogP contribution in [0.5, 0.6) is 0 Å². The largest absolute Gasteiger partial charge is 0.481 e. The number of rotatable bonds is 6. The predicted molar refractivity (Wildman–Crippen MR) is 43.7 cm³/mol. The van der Waals surface area contributed by atoms with Crippen molar-refractivity contribution in [1.82, 2.24) is 5.32 Å². The molecule has 7 N–H and O–H groups in total. The number of ether oxygens (including phenoxy) is 1. The number of carbonyl (C=O) groups excluding carboxylic acids is 1. The van der Waals surface area contributed by atoms with Crippen LogP contribution in [0.3, 0.4) is 0 Å². The quantitative estimate of drug-likeness (QED) is 0.198. The van der Waals surface area contributed by atoms with Gasteiger partial charge < -0.3 is 30.9 Å². The third-order valence-electron chi connectivity index (χ3n) is 1.27. The molecular formula is C6H12N2O7. The summed E-state index contributed by atoms with van der Waals surface area (Å²) < 4.78 is 3.70. The average molecular weight is 224 g/mol. The van der Waals surface area contributed by atoms with Crippen LogP contribution in [0.2, 0.25) is 0 Å². The van der Waals surface area contributed by atoms with Gasteiger partial charge in [-0.05, 0) is 0 Å². The lowest BCUT2D eigenvalue weighted by molar-refractivity contribution is -0.435. The molecule has 15 heavy (non-hydrogen) atoms. The van der Waals surface area contributed by atoms with Crippen molar-refractivity contribution >= 4 is 11.9 Å². The molecule has 0 unspecified atom stereocenters. The molecule has 0 fully saturated rings. The number of esters is 1. The van der Waals surface area contributed by atoms with Crippen LogP contribution >= 0.6 is 0 Å². The number of hydrogen-bond donors (Lipinski definition) is 6. The molecule has 0 aromatic carbocycles. The maximum Gasteiger partial charge on any atom is 0.455 e. The number of nitrogens with two attached hydrogens (primary N) is 1. The number of nitrogens with one attached hydrogen (secondary N) is 1. The number of hydrogen-bond acceptors (Lipinski definition) is 8. The molecular weight excluding hydrogens is 212 g/mol. The Hall–Kier alpha value is -1.26. The summed E-state index contributed by atoms with van der Waals surface area (Å²) in [6.07, 6.45) is -4.31. The molecule has 9 heteroatoms. The summed E-state index contributed by atoms with van der Waals surface area (Å²) >= 11 is 0. The number of carboxylic acid groups (broad SMARTS) is 1. The van der Waals surface area contributed by atoms with E-state index in [-0.39, 0.29) is 6.67 Å². The highest BCUT2D eigenvalue weighted by molar-refractivity contribution is 5.82. The van der Waals surface area contributed by atoms with Crippen LogP contribution in [0.1, 0.15) is 6.42 Å². The lowest BCUT2D eigenvalue weighted by Gasteiger charge is -2.18. The van der Waals surface area contributed by atoms with Gasteiger partial charge in [-0.1, -0.05) is 0 Å². The van der Waals surface area contributed by atoms with Gasteiger partial charge in [-0.15, -0.1) is 0 Å². The van der Waals surface area contributed by atoms with Gasteiger partial charge in [0.15, 0.2) is 0 Å². The monoisotopic (exact) mass is 224 g/mol. The van der Waals surface area contributed by atoms with Crippen LogP contribution in [0.15, 0.2) is 0 Å². The smallest absolute Gasteiger partial charge is 0.455 e. The third kappa shape index (κ3) is 6.76. The van der Waals surface area contributed by atoms with E-state index in [9.17, 15) is 9.59 Å². The number of aliphatic hydroxyl groups is 3. The Kier molecular flexibility index (Phi) is 5.11. The Labute approximate surface area is 84.1 Å². The Balaban J connectivity index is 4.35. The van der Waals surface area contributed by atoms with E-state index in [0.717, 1.165) is 0 Å². The molecule has 0 aliphatic carbocycles. The molecule has 0 rings (SSSR count). The highest BCUT2D eigenvalue weighted by Crippen LogP contribution is 2.02. The van der Waals surface area contributed by atoms with E-state index in [2.05, 4.69) is 10.1 Å². The van der Waals surface area contributed by atoms with Crippen LogP contribution in [0.25, 0.3) is 0 Å². The maximum atomic E-state index is 11.0. The molecule has 0 radical (unpaired) electrons. The number of carboxylic acids is 1. The van der Waals surface area contributed by atoms with Crippen LogP contribution < -0.4 is 11.1 Å². The summed E-state index contributed by atoms with van der Waals surface area (Å²) in [5.41, 5.74) is 5.01. The fraction of sp³-hybridized carbons (Fsp3) is 0.667. The van der Waals surface area contributed by atoms with Gasteiger partial charge in [0.05, 0.1) is 6.42 Å². The topological polar surface area (TPSA) is 162 Å². The highest BCUT2D eigenvalue weighted by atomic mass is 16.9. The van der Waals surface area contributed by atoms with Crippen molar-refractivity contribution in [1.29, 1.82) is 0 Å². The van der Waals surface area contributed by atoms with E-state index < -0.39 is 30.6 Å². The van der Waals surface area contributed by atoms with Gasteiger partial charge in [0.1, 0.15) is 6.04 Å². The first-order valence-electron chi connectivity index (χ1n) is 3.81. The van der Waals surface area contributed by atoms with E-state index in [1.54, 1.807) is 0 Å². The molecule has 0 aromatic rings. The maximum absolute atomic E-state index is 11.0. The van der Waals surface area contributed by atoms with Gasteiger partial charge in [0.25, 0.3) is 0 Å². The van der Waals surface area contributed by atoms with Crippen LogP contribution in [0, 0.1) is 0 Å². The lowest BCUT2D eigenvalue weighted by atomic mass is 10.2. The van der Waals surface area contributed by atoms with Crippen molar-refractivity contribution in [2.45, 2.75) is 18.6 Å². The van der Waals surface area contributed by atoms with Gasteiger partial charge >= 0.3 is 18.1 Å². The third-order valence-corrected chi connectivity index (χ3v) is 1.27. The molecule has 0 spiro atoms. The van der Waals surface area contributed by atoms with Crippen molar-refractivity contribution in [2.75, 3.05) is 6.67 Å². The Morgan fingerprint density at radius 3 is 2.27 bits per heavy atom. The Morgan fingerprint density at radius 2 is 1.93 bits per heavy atom. The van der Waals surface area contributed by atoms with Crippen molar-refractivity contribution in [3.8, 4) is 0 Å². The van der Waals surface area contributed by atoms with Gasteiger partial charge in [-0.2, -0.15) is 0 Å². The van der Waals surface area contributed by atoms with Crippen molar-refractivity contribution in [3.63, 3.8) is 0 Å². The molecule has 1 atom stereocenters. The molecule has 9 nitrogen and oxygen atoms in total. The van der Waals surface area contributed by atoms with E-state index in [1.165, 1.54) is 0 Å². The van der Waals surface area contributed by atoms with Crippen molar-refractivity contribution in [3.05, 3.63) is 0 Å². The van der Waals surface area contributed by atoms with Gasteiger partial charge in [-0.3, -0.25) is 14.9 Å². The Bertz CT molecular complexity index is 236. The molecule has 0 saturated heterocycles. The van der Waals surface area contributed by atoms with Gasteiger partial charge in [0.2, 0.25) is 0 Å².